The quantitative estimate of drug-likeness (QED) is 0.527. The van der Waals surface area contributed by atoms with Gasteiger partial charge in [-0.1, -0.05) is 18.2 Å². The Hall–Kier alpha value is -3.92. The van der Waals surface area contributed by atoms with Crippen molar-refractivity contribution in [3.63, 3.8) is 0 Å². The minimum Gasteiger partial charge on any atom is -0.497 e. The van der Waals surface area contributed by atoms with Crippen LogP contribution in [0.3, 0.4) is 0 Å². The van der Waals surface area contributed by atoms with Gasteiger partial charge in [0.05, 0.1) is 13.2 Å². The lowest BCUT2D eigenvalue weighted by Gasteiger charge is -2.24. The molecular weight excluding hydrogens is 468 g/mol. The van der Waals surface area contributed by atoms with E-state index < -0.39 is 29.9 Å². The molecule has 0 radical (unpaired) electrons. The number of hydrogen-bond acceptors (Lipinski definition) is 7. The first-order valence-corrected chi connectivity index (χ1v) is 12.0. The van der Waals surface area contributed by atoms with Gasteiger partial charge in [-0.15, -0.1) is 11.3 Å². The molecule has 0 saturated carbocycles. The largest absolute Gasteiger partial charge is 0.497 e. The number of aryl methyl sites for hydroxylation is 1. The highest BCUT2D eigenvalue weighted by Gasteiger charge is 2.50. The Bertz CT molecular complexity index is 1310. The summed E-state index contributed by atoms with van der Waals surface area (Å²) >= 11 is 1.52. The van der Waals surface area contributed by atoms with Crippen LogP contribution in [0.15, 0.2) is 63.4 Å². The number of rotatable bonds is 6. The van der Waals surface area contributed by atoms with E-state index in [0.29, 0.717) is 29.2 Å². The fourth-order valence-electron chi connectivity index (χ4n) is 4.35. The Morgan fingerprint density at radius 2 is 2.00 bits per heavy atom. The van der Waals surface area contributed by atoms with Gasteiger partial charge in [0, 0.05) is 11.3 Å². The third-order valence-electron chi connectivity index (χ3n) is 6.30. The predicted octanol–water partition coefficient (Wildman–Crippen LogP) is 3.80. The zero-order chi connectivity index (χ0) is 24.7. The molecule has 2 aromatic heterocycles. The van der Waals surface area contributed by atoms with E-state index in [1.807, 2.05) is 36.6 Å². The summed E-state index contributed by atoms with van der Waals surface area (Å²) in [5.74, 6) is 1.02. The predicted molar refractivity (Wildman–Crippen MR) is 129 cm³/mol. The van der Waals surface area contributed by atoms with Gasteiger partial charge in [-0.25, -0.2) is 9.80 Å². The average Bonchev–Trinajstić information content (AvgIpc) is 3.64. The first kappa shape index (κ1) is 22.9. The number of carbonyl (C=O) groups excluding carboxylic acids is 3. The SMILES string of the molecule is COc1ccc(C2(C)NC(=O)N(CC(=O)N3N=C(c4ccc(C)o4)CC3c3cccs3)C2=O)cc1. The van der Waals surface area contributed by atoms with Crippen molar-refractivity contribution in [1.82, 2.24) is 15.2 Å². The Kier molecular flexibility index (Phi) is 5.68. The van der Waals surface area contributed by atoms with E-state index in [1.54, 1.807) is 38.3 Å². The molecule has 5 rings (SSSR count). The molecule has 9 nitrogen and oxygen atoms in total. The molecule has 1 fully saturated rings. The highest BCUT2D eigenvalue weighted by atomic mass is 32.1. The summed E-state index contributed by atoms with van der Waals surface area (Å²) in [4.78, 5) is 41.4. The maximum Gasteiger partial charge on any atom is 0.325 e. The number of furan rings is 1. The Labute approximate surface area is 206 Å². The second-order valence-electron chi connectivity index (χ2n) is 8.61. The molecule has 1 saturated heterocycles. The van der Waals surface area contributed by atoms with Crippen molar-refractivity contribution in [3.8, 4) is 5.75 Å². The number of benzene rings is 1. The molecule has 1 aromatic carbocycles. The molecule has 2 unspecified atom stereocenters. The molecule has 4 heterocycles. The lowest BCUT2D eigenvalue weighted by molar-refractivity contribution is -0.139. The maximum absolute atomic E-state index is 13.4. The van der Waals surface area contributed by atoms with Crippen LogP contribution in [-0.2, 0) is 15.1 Å². The number of methoxy groups -OCH3 is 1. The highest BCUT2D eigenvalue weighted by Crippen LogP contribution is 2.36. The fraction of sp³-hybridized carbons (Fsp3) is 0.280. The number of nitrogens with zero attached hydrogens (tertiary/aromatic N) is 3. The maximum atomic E-state index is 13.4. The second kappa shape index (κ2) is 8.70. The number of urea groups is 1. The first-order chi connectivity index (χ1) is 16.8. The molecule has 0 bridgehead atoms. The molecule has 1 N–H and O–H groups in total. The molecular formula is C25H24N4O5S. The molecule has 2 atom stereocenters. The molecule has 2 aliphatic rings. The summed E-state index contributed by atoms with van der Waals surface area (Å²) in [6, 6.07) is 13.4. The Morgan fingerprint density at radius 1 is 1.23 bits per heavy atom. The van der Waals surface area contributed by atoms with Crippen molar-refractivity contribution in [2.24, 2.45) is 5.10 Å². The van der Waals surface area contributed by atoms with Crippen LogP contribution in [0.4, 0.5) is 4.79 Å². The lowest BCUT2D eigenvalue weighted by Crippen LogP contribution is -2.43. The average molecular weight is 493 g/mol. The minimum atomic E-state index is -1.29. The topological polar surface area (TPSA) is 104 Å². The number of hydrogen-bond donors (Lipinski definition) is 1. The molecule has 3 aromatic rings. The van der Waals surface area contributed by atoms with Gasteiger partial charge in [0.15, 0.2) is 0 Å². The summed E-state index contributed by atoms with van der Waals surface area (Å²) in [5, 5.41) is 10.6. The second-order valence-corrected chi connectivity index (χ2v) is 9.58. The van der Waals surface area contributed by atoms with Crippen molar-refractivity contribution in [1.29, 1.82) is 0 Å². The van der Waals surface area contributed by atoms with Gasteiger partial charge in [0.25, 0.3) is 11.8 Å². The number of hydrazone groups is 1. The van der Waals surface area contributed by atoms with Gasteiger partial charge in [0.2, 0.25) is 0 Å². The first-order valence-electron chi connectivity index (χ1n) is 11.1. The van der Waals surface area contributed by atoms with E-state index in [0.717, 1.165) is 15.5 Å². The third-order valence-corrected chi connectivity index (χ3v) is 7.27. The zero-order valence-corrected chi connectivity index (χ0v) is 20.3. The smallest absolute Gasteiger partial charge is 0.325 e. The van der Waals surface area contributed by atoms with Crippen LogP contribution in [-0.4, -0.2) is 47.1 Å². The highest BCUT2D eigenvalue weighted by molar-refractivity contribution is 7.10. The van der Waals surface area contributed by atoms with Crippen LogP contribution in [0.5, 0.6) is 5.75 Å². The Balaban J connectivity index is 1.39. The summed E-state index contributed by atoms with van der Waals surface area (Å²) < 4.78 is 10.9. The number of ether oxygens (including phenoxy) is 1. The molecule has 0 spiro atoms. The van der Waals surface area contributed by atoms with E-state index in [-0.39, 0.29) is 6.04 Å². The van der Waals surface area contributed by atoms with Crippen LogP contribution >= 0.6 is 11.3 Å². The standard InChI is InChI=1S/C25H24N4O5S/c1-15-6-11-20(34-15)18-13-19(21-5-4-12-35-21)29(27-18)22(30)14-28-23(31)25(2,26-24(28)32)16-7-9-17(33-3)10-8-16/h4-12,19H,13-14H2,1-3H3,(H,26,32). The molecule has 35 heavy (non-hydrogen) atoms. The van der Waals surface area contributed by atoms with E-state index in [9.17, 15) is 14.4 Å². The third kappa shape index (κ3) is 3.99. The van der Waals surface area contributed by atoms with Crippen molar-refractivity contribution >= 4 is 34.9 Å². The van der Waals surface area contributed by atoms with Crippen molar-refractivity contribution < 1.29 is 23.5 Å². The fourth-order valence-corrected chi connectivity index (χ4v) is 5.16. The van der Waals surface area contributed by atoms with E-state index in [4.69, 9.17) is 9.15 Å². The molecule has 4 amide bonds. The van der Waals surface area contributed by atoms with Crippen LogP contribution < -0.4 is 10.1 Å². The summed E-state index contributed by atoms with van der Waals surface area (Å²) in [7, 11) is 1.55. The van der Waals surface area contributed by atoms with Gasteiger partial charge in [-0.05, 0) is 55.1 Å². The van der Waals surface area contributed by atoms with Gasteiger partial charge in [-0.2, -0.15) is 5.10 Å². The van der Waals surface area contributed by atoms with Gasteiger partial charge in [-0.3, -0.25) is 14.5 Å². The van der Waals surface area contributed by atoms with Gasteiger partial charge < -0.3 is 14.5 Å². The van der Waals surface area contributed by atoms with Crippen LogP contribution in [0.25, 0.3) is 0 Å². The van der Waals surface area contributed by atoms with Crippen LogP contribution in [0, 0.1) is 6.92 Å². The summed E-state index contributed by atoms with van der Waals surface area (Å²) in [6.45, 7) is 3.04. The summed E-state index contributed by atoms with van der Waals surface area (Å²) in [5.41, 5.74) is -0.0510. The van der Waals surface area contributed by atoms with Gasteiger partial charge in [0.1, 0.15) is 35.1 Å². The monoisotopic (exact) mass is 492 g/mol. The van der Waals surface area contributed by atoms with E-state index in [1.165, 1.54) is 16.3 Å². The van der Waals surface area contributed by atoms with Crippen LogP contribution in [0.1, 0.15) is 41.3 Å². The zero-order valence-electron chi connectivity index (χ0n) is 19.5. The van der Waals surface area contributed by atoms with Crippen molar-refractivity contribution in [2.75, 3.05) is 13.7 Å². The molecule has 0 aliphatic carbocycles. The molecule has 2 aliphatic heterocycles. The normalized spacial score (nSPS) is 21.9. The van der Waals surface area contributed by atoms with Crippen LogP contribution in [0.2, 0.25) is 0 Å². The van der Waals surface area contributed by atoms with Gasteiger partial charge >= 0.3 is 6.03 Å². The lowest BCUT2D eigenvalue weighted by atomic mass is 9.92. The Morgan fingerprint density at radius 3 is 2.63 bits per heavy atom. The number of amides is 4. The van der Waals surface area contributed by atoms with Crippen molar-refractivity contribution in [3.05, 3.63) is 75.9 Å². The summed E-state index contributed by atoms with van der Waals surface area (Å²) in [6.07, 6.45) is 0.475. The number of nitrogens with one attached hydrogen (secondary N) is 1. The molecule has 180 valence electrons. The van der Waals surface area contributed by atoms with E-state index >= 15 is 0 Å². The number of imide groups is 1. The number of carbonyl (C=O) groups is 3. The van der Waals surface area contributed by atoms with E-state index in [2.05, 4.69) is 10.4 Å². The molecule has 10 heteroatoms. The van der Waals surface area contributed by atoms with Crippen molar-refractivity contribution in [2.45, 2.75) is 31.8 Å². The number of thiophene rings is 1. The minimum absolute atomic E-state index is 0.336.